The molecule has 1 spiro atoms. The number of hydrogen-bond acceptors (Lipinski definition) is 7. The first kappa shape index (κ1) is 24.8. The number of rotatable bonds is 8. The second kappa shape index (κ2) is 9.85. The number of amides is 1. The van der Waals surface area contributed by atoms with Crippen LogP contribution in [-0.2, 0) is 11.2 Å². The molecule has 3 aromatic rings. The zero-order chi connectivity index (χ0) is 25.3. The minimum atomic E-state index is -4.24. The molecule has 2 N–H and O–H groups in total. The Labute approximate surface area is 212 Å². The van der Waals surface area contributed by atoms with Crippen molar-refractivity contribution in [3.8, 4) is 0 Å². The van der Waals surface area contributed by atoms with E-state index >= 15 is 0 Å². The van der Waals surface area contributed by atoms with Gasteiger partial charge < -0.3 is 20.3 Å². The molecule has 2 fully saturated rings. The fourth-order valence-electron chi connectivity index (χ4n) is 5.29. The molecule has 11 heteroatoms. The number of carbonyl (C=O) groups is 1. The van der Waals surface area contributed by atoms with Crippen molar-refractivity contribution in [1.29, 1.82) is 0 Å². The fraction of sp³-hybridized carbons (Fsp3) is 0.480. The third-order valence-electron chi connectivity index (χ3n) is 6.94. The second-order valence-electron chi connectivity index (χ2n) is 9.67. The average Bonchev–Trinajstić information content (AvgIpc) is 3.42. The van der Waals surface area contributed by atoms with Gasteiger partial charge in [0.15, 0.2) is 0 Å². The molecule has 7 nitrogen and oxygen atoms in total. The summed E-state index contributed by atoms with van der Waals surface area (Å²) in [5, 5.41) is 7.07. The van der Waals surface area contributed by atoms with Crippen LogP contribution in [0.15, 0.2) is 36.7 Å². The monoisotopic (exact) mass is 521 g/mol. The highest BCUT2D eigenvalue weighted by Gasteiger charge is 2.49. The Morgan fingerprint density at radius 1 is 1.28 bits per heavy atom. The van der Waals surface area contributed by atoms with E-state index < -0.39 is 12.6 Å². The predicted octanol–water partition coefficient (Wildman–Crippen LogP) is 4.89. The lowest BCUT2D eigenvalue weighted by Gasteiger charge is -2.46. The number of methoxy groups -OCH3 is 1. The van der Waals surface area contributed by atoms with E-state index in [1.807, 2.05) is 24.3 Å². The van der Waals surface area contributed by atoms with Gasteiger partial charge in [-0.1, -0.05) is 0 Å². The first-order valence-electron chi connectivity index (χ1n) is 11.9. The molecule has 2 aromatic heterocycles. The first-order valence-corrected chi connectivity index (χ1v) is 12.7. The zero-order valence-corrected chi connectivity index (χ0v) is 20.7. The molecule has 2 aliphatic rings. The minimum absolute atomic E-state index is 0. The number of nitrogens with one attached hydrogen (secondary N) is 2. The van der Waals surface area contributed by atoms with E-state index in [0.717, 1.165) is 55.2 Å². The third kappa shape index (κ3) is 5.41. The van der Waals surface area contributed by atoms with Crippen LogP contribution in [-0.4, -0.2) is 61.4 Å². The van der Waals surface area contributed by atoms with Gasteiger partial charge in [0.2, 0.25) is 0 Å². The summed E-state index contributed by atoms with van der Waals surface area (Å²) >= 11 is 1.09. The van der Waals surface area contributed by atoms with Gasteiger partial charge in [0.25, 0.3) is 5.91 Å². The van der Waals surface area contributed by atoms with E-state index in [1.165, 1.54) is 6.33 Å². The molecule has 1 aromatic carbocycles. The summed E-state index contributed by atoms with van der Waals surface area (Å²) in [4.78, 5) is 23.8. The maximum atomic E-state index is 12.9. The Kier molecular flexibility index (Phi) is 6.78. The van der Waals surface area contributed by atoms with Crippen LogP contribution < -0.4 is 15.5 Å². The molecule has 3 heterocycles. The number of halogens is 3. The SMILES string of the molecule is COCCNC(=O)c1ccc(NC2CC3(CCN(c4ncnc5sc(CC(F)(F)F)cc45)C3)C2)cc1.[HH]. The van der Waals surface area contributed by atoms with Crippen LogP contribution >= 0.6 is 11.3 Å². The molecule has 0 bridgehead atoms. The van der Waals surface area contributed by atoms with Gasteiger partial charge >= 0.3 is 6.18 Å². The second-order valence-corrected chi connectivity index (χ2v) is 10.8. The lowest BCUT2D eigenvalue weighted by Crippen LogP contribution is -2.46. The summed E-state index contributed by atoms with van der Waals surface area (Å²) < 4.78 is 43.5. The summed E-state index contributed by atoms with van der Waals surface area (Å²) in [5.74, 6) is 0.611. The number of thiophene rings is 1. The molecule has 1 amide bonds. The zero-order valence-electron chi connectivity index (χ0n) is 19.9. The molecule has 1 aliphatic heterocycles. The van der Waals surface area contributed by atoms with Crippen LogP contribution in [0.3, 0.4) is 0 Å². The number of aromatic nitrogens is 2. The molecule has 5 rings (SSSR count). The summed E-state index contributed by atoms with van der Waals surface area (Å²) in [7, 11) is 1.59. The number of alkyl halides is 3. The Morgan fingerprint density at radius 3 is 2.78 bits per heavy atom. The summed E-state index contributed by atoms with van der Waals surface area (Å²) in [5.41, 5.74) is 1.77. The van der Waals surface area contributed by atoms with Crippen molar-refractivity contribution in [2.24, 2.45) is 5.41 Å². The van der Waals surface area contributed by atoms with Crippen molar-refractivity contribution >= 4 is 39.0 Å². The highest BCUT2D eigenvalue weighted by Crippen LogP contribution is 2.50. The van der Waals surface area contributed by atoms with Crippen molar-refractivity contribution in [3.05, 3.63) is 47.1 Å². The molecule has 0 unspecified atom stereocenters. The van der Waals surface area contributed by atoms with E-state index in [-0.39, 0.29) is 17.6 Å². The minimum Gasteiger partial charge on any atom is -0.383 e. The van der Waals surface area contributed by atoms with Gasteiger partial charge in [-0.3, -0.25) is 4.79 Å². The van der Waals surface area contributed by atoms with Crippen molar-refractivity contribution in [2.45, 2.75) is 37.9 Å². The highest BCUT2D eigenvalue weighted by atomic mass is 32.1. The number of fused-ring (bicyclic) bond motifs is 1. The third-order valence-corrected chi connectivity index (χ3v) is 7.98. The summed E-state index contributed by atoms with van der Waals surface area (Å²) in [6, 6.07) is 9.40. The van der Waals surface area contributed by atoms with Crippen LogP contribution in [0.5, 0.6) is 0 Å². The summed E-state index contributed by atoms with van der Waals surface area (Å²) in [6.45, 7) is 2.61. The number of anilines is 2. The van der Waals surface area contributed by atoms with Gasteiger partial charge in [-0.15, -0.1) is 11.3 Å². The van der Waals surface area contributed by atoms with Crippen molar-refractivity contribution in [2.75, 3.05) is 43.6 Å². The lowest BCUT2D eigenvalue weighted by molar-refractivity contribution is -0.126. The molecule has 0 radical (unpaired) electrons. The smallest absolute Gasteiger partial charge is 0.383 e. The van der Waals surface area contributed by atoms with Gasteiger partial charge in [-0.25, -0.2) is 9.97 Å². The van der Waals surface area contributed by atoms with Gasteiger partial charge in [0.1, 0.15) is 17.0 Å². The molecule has 1 saturated heterocycles. The molecule has 36 heavy (non-hydrogen) atoms. The normalized spacial score (nSPS) is 21.7. The standard InChI is InChI=1S/C25H28F3N5O2S.H2/c1-35-9-7-29-22(34)16-2-4-17(5-3-16)32-18-11-24(12-18)6-8-33(14-24)21-20-10-19(13-25(26,27)28)36-23(20)31-15-30-21;/h2-5,10,15,18,32H,6-9,11-14H2,1H3,(H,29,34);1H. The topological polar surface area (TPSA) is 79.4 Å². The molecular weight excluding hydrogens is 491 g/mol. The van der Waals surface area contributed by atoms with Crippen molar-refractivity contribution in [3.63, 3.8) is 0 Å². The van der Waals surface area contributed by atoms with E-state index in [9.17, 15) is 18.0 Å². The maximum absolute atomic E-state index is 12.9. The van der Waals surface area contributed by atoms with Crippen LogP contribution in [0.2, 0.25) is 0 Å². The average molecular weight is 522 g/mol. The molecule has 194 valence electrons. The summed E-state index contributed by atoms with van der Waals surface area (Å²) in [6.07, 6.45) is -0.680. The molecule has 0 atom stereocenters. The number of ether oxygens (including phenoxy) is 1. The number of nitrogens with zero attached hydrogens (tertiary/aromatic N) is 3. The van der Waals surface area contributed by atoms with Crippen LogP contribution in [0.4, 0.5) is 24.7 Å². The van der Waals surface area contributed by atoms with Crippen LogP contribution in [0.25, 0.3) is 10.2 Å². The molecular formula is C25H30F3N5O2S. The van der Waals surface area contributed by atoms with E-state index in [0.29, 0.717) is 35.0 Å². The van der Waals surface area contributed by atoms with Crippen molar-refractivity contribution in [1.82, 2.24) is 15.3 Å². The Morgan fingerprint density at radius 2 is 2.06 bits per heavy atom. The molecule has 1 saturated carbocycles. The largest absolute Gasteiger partial charge is 0.393 e. The van der Waals surface area contributed by atoms with Gasteiger partial charge in [0, 0.05) is 50.3 Å². The fourth-order valence-corrected chi connectivity index (χ4v) is 6.31. The Bertz CT molecular complexity index is 1230. The van der Waals surface area contributed by atoms with Crippen LogP contribution in [0.1, 0.15) is 35.9 Å². The number of hydrogen-bond donors (Lipinski definition) is 2. The van der Waals surface area contributed by atoms with Crippen LogP contribution in [0, 0.1) is 5.41 Å². The molecule has 1 aliphatic carbocycles. The quantitative estimate of drug-likeness (QED) is 0.411. The van der Waals surface area contributed by atoms with Gasteiger partial charge in [-0.2, -0.15) is 13.2 Å². The lowest BCUT2D eigenvalue weighted by atomic mass is 9.65. The highest BCUT2D eigenvalue weighted by molar-refractivity contribution is 7.18. The van der Waals surface area contributed by atoms with Gasteiger partial charge in [-0.05, 0) is 55.0 Å². The van der Waals surface area contributed by atoms with Crippen molar-refractivity contribution < 1.29 is 24.1 Å². The van der Waals surface area contributed by atoms with E-state index in [2.05, 4.69) is 25.5 Å². The maximum Gasteiger partial charge on any atom is 0.393 e. The predicted molar refractivity (Wildman–Crippen MR) is 136 cm³/mol. The van der Waals surface area contributed by atoms with Gasteiger partial charge in [0.05, 0.1) is 18.4 Å². The number of carbonyl (C=O) groups excluding carboxylic acids is 1. The Hall–Kier alpha value is -2.92. The van der Waals surface area contributed by atoms with E-state index in [4.69, 9.17) is 4.74 Å². The van der Waals surface area contributed by atoms with E-state index in [1.54, 1.807) is 13.2 Å². The first-order chi connectivity index (χ1) is 17.2. The number of benzene rings is 1. The Balaban J connectivity index is 0.00000320.